The summed E-state index contributed by atoms with van der Waals surface area (Å²) >= 11 is 0. The third-order valence-corrected chi connectivity index (χ3v) is 3.11. The van der Waals surface area contributed by atoms with Crippen LogP contribution in [-0.2, 0) is 5.41 Å². The summed E-state index contributed by atoms with van der Waals surface area (Å²) in [5, 5.41) is 4.41. The van der Waals surface area contributed by atoms with E-state index in [0.29, 0.717) is 6.54 Å². The van der Waals surface area contributed by atoms with Gasteiger partial charge >= 0.3 is 0 Å². The van der Waals surface area contributed by atoms with E-state index in [0.717, 1.165) is 12.1 Å². The van der Waals surface area contributed by atoms with Crippen molar-refractivity contribution in [1.29, 1.82) is 0 Å². The van der Waals surface area contributed by atoms with Crippen molar-refractivity contribution < 1.29 is 0 Å². The van der Waals surface area contributed by atoms with Gasteiger partial charge in [0.1, 0.15) is 0 Å². The van der Waals surface area contributed by atoms with Gasteiger partial charge in [-0.2, -0.15) is 5.10 Å². The number of hydrogen-bond donors (Lipinski definition) is 1. The molecule has 3 heteroatoms. The molecule has 17 heavy (non-hydrogen) atoms. The molecule has 0 amide bonds. The van der Waals surface area contributed by atoms with Gasteiger partial charge in [0.15, 0.2) is 0 Å². The minimum atomic E-state index is 0.0427. The van der Waals surface area contributed by atoms with E-state index in [-0.39, 0.29) is 5.41 Å². The van der Waals surface area contributed by atoms with Crippen LogP contribution in [0.3, 0.4) is 0 Å². The largest absolute Gasteiger partial charge is 0.330 e. The van der Waals surface area contributed by atoms with Crippen molar-refractivity contribution in [2.24, 2.45) is 5.73 Å². The van der Waals surface area contributed by atoms with Gasteiger partial charge < -0.3 is 5.73 Å². The average Bonchev–Trinajstić information content (AvgIpc) is 2.79. The van der Waals surface area contributed by atoms with E-state index < -0.39 is 0 Å². The molecule has 1 aromatic carbocycles. The Morgan fingerprint density at radius 2 is 1.88 bits per heavy atom. The molecule has 1 aromatic heterocycles. The van der Waals surface area contributed by atoms with Gasteiger partial charge in [-0.25, -0.2) is 4.68 Å². The molecule has 0 spiro atoms. The van der Waals surface area contributed by atoms with Crippen LogP contribution in [0.25, 0.3) is 5.69 Å². The Morgan fingerprint density at radius 3 is 2.53 bits per heavy atom. The van der Waals surface area contributed by atoms with E-state index in [2.05, 4.69) is 37.1 Å². The van der Waals surface area contributed by atoms with Crippen molar-refractivity contribution in [2.75, 3.05) is 6.54 Å². The molecule has 1 heterocycles. The van der Waals surface area contributed by atoms with Gasteiger partial charge in [0.05, 0.1) is 5.69 Å². The molecular weight excluding hydrogens is 210 g/mol. The molecule has 0 aliphatic carbocycles. The van der Waals surface area contributed by atoms with E-state index in [9.17, 15) is 0 Å². The molecule has 0 aliphatic heterocycles. The lowest BCUT2D eigenvalue weighted by molar-refractivity contribution is 0.459. The fourth-order valence-corrected chi connectivity index (χ4v) is 2.08. The summed E-state index contributed by atoms with van der Waals surface area (Å²) in [6, 6.07) is 12.3. The molecular formula is C14H19N3. The van der Waals surface area contributed by atoms with Crippen LogP contribution < -0.4 is 5.73 Å². The van der Waals surface area contributed by atoms with Crippen LogP contribution in [0.5, 0.6) is 0 Å². The highest BCUT2D eigenvalue weighted by atomic mass is 15.3. The number of para-hydroxylation sites is 1. The highest BCUT2D eigenvalue weighted by Crippen LogP contribution is 2.27. The van der Waals surface area contributed by atoms with Gasteiger partial charge in [0.25, 0.3) is 0 Å². The van der Waals surface area contributed by atoms with E-state index in [1.165, 1.54) is 5.69 Å². The molecule has 0 saturated heterocycles. The zero-order valence-corrected chi connectivity index (χ0v) is 10.4. The van der Waals surface area contributed by atoms with Gasteiger partial charge in [-0.05, 0) is 31.2 Å². The van der Waals surface area contributed by atoms with Crippen molar-refractivity contribution in [1.82, 2.24) is 9.78 Å². The van der Waals surface area contributed by atoms with Gasteiger partial charge in [0, 0.05) is 17.3 Å². The number of nitrogens with two attached hydrogens (primary N) is 1. The van der Waals surface area contributed by atoms with E-state index in [1.54, 1.807) is 0 Å². The average molecular weight is 229 g/mol. The minimum absolute atomic E-state index is 0.0427. The molecule has 0 bridgehead atoms. The van der Waals surface area contributed by atoms with Gasteiger partial charge in [0.2, 0.25) is 0 Å². The summed E-state index contributed by atoms with van der Waals surface area (Å²) in [5.74, 6) is 0. The van der Waals surface area contributed by atoms with Crippen LogP contribution in [0.4, 0.5) is 0 Å². The number of rotatable bonds is 4. The van der Waals surface area contributed by atoms with Crippen molar-refractivity contribution in [3.63, 3.8) is 0 Å². The van der Waals surface area contributed by atoms with Crippen LogP contribution in [0, 0.1) is 0 Å². The van der Waals surface area contributed by atoms with Crippen molar-refractivity contribution in [3.05, 3.63) is 48.3 Å². The van der Waals surface area contributed by atoms with Crippen molar-refractivity contribution in [3.8, 4) is 5.69 Å². The zero-order chi connectivity index (χ0) is 12.3. The van der Waals surface area contributed by atoms with Crippen LogP contribution in [0.2, 0.25) is 0 Å². The Morgan fingerprint density at radius 1 is 1.18 bits per heavy atom. The molecule has 3 nitrogen and oxygen atoms in total. The summed E-state index contributed by atoms with van der Waals surface area (Å²) in [5.41, 5.74) is 8.02. The molecule has 2 aromatic rings. The number of aromatic nitrogens is 2. The maximum absolute atomic E-state index is 5.68. The van der Waals surface area contributed by atoms with Gasteiger partial charge in [-0.1, -0.05) is 32.0 Å². The third kappa shape index (κ3) is 2.39. The highest BCUT2D eigenvalue weighted by molar-refractivity contribution is 5.34. The second kappa shape index (κ2) is 4.72. The smallest absolute Gasteiger partial charge is 0.0649 e. The summed E-state index contributed by atoms with van der Waals surface area (Å²) in [7, 11) is 0. The third-order valence-electron chi connectivity index (χ3n) is 3.11. The first kappa shape index (κ1) is 11.9. The summed E-state index contributed by atoms with van der Waals surface area (Å²) < 4.78 is 2.00. The van der Waals surface area contributed by atoms with Crippen molar-refractivity contribution >= 4 is 0 Å². The SMILES string of the molecule is CC(C)(CCN)c1ccnn1-c1ccccc1. The molecule has 0 unspecified atom stereocenters. The number of hydrogen-bond acceptors (Lipinski definition) is 2. The molecule has 0 saturated carbocycles. The summed E-state index contributed by atoms with van der Waals surface area (Å²) in [6.45, 7) is 5.10. The lowest BCUT2D eigenvalue weighted by atomic mass is 9.85. The van der Waals surface area contributed by atoms with Crippen LogP contribution in [0.15, 0.2) is 42.6 Å². The Bertz CT molecular complexity index is 471. The molecule has 2 rings (SSSR count). The van der Waals surface area contributed by atoms with Gasteiger partial charge in [-0.3, -0.25) is 0 Å². The standard InChI is InChI=1S/C14H19N3/c1-14(2,9-10-15)13-8-11-16-17(13)12-6-4-3-5-7-12/h3-8,11H,9-10,15H2,1-2H3. The maximum atomic E-state index is 5.68. The molecule has 90 valence electrons. The quantitative estimate of drug-likeness (QED) is 0.875. The fourth-order valence-electron chi connectivity index (χ4n) is 2.08. The Hall–Kier alpha value is -1.61. The Balaban J connectivity index is 2.42. The fraction of sp³-hybridized carbons (Fsp3) is 0.357. The predicted octanol–water partition coefficient (Wildman–Crippen LogP) is 2.50. The van der Waals surface area contributed by atoms with Crippen LogP contribution in [-0.4, -0.2) is 16.3 Å². The summed E-state index contributed by atoms with van der Waals surface area (Å²) in [4.78, 5) is 0. The van der Waals surface area contributed by atoms with Crippen LogP contribution in [0.1, 0.15) is 26.0 Å². The summed E-state index contributed by atoms with van der Waals surface area (Å²) in [6.07, 6.45) is 2.80. The van der Waals surface area contributed by atoms with Crippen LogP contribution >= 0.6 is 0 Å². The molecule has 0 radical (unpaired) electrons. The van der Waals surface area contributed by atoms with Crippen molar-refractivity contribution in [2.45, 2.75) is 25.7 Å². The molecule has 0 fully saturated rings. The second-order valence-corrected chi connectivity index (χ2v) is 4.89. The van der Waals surface area contributed by atoms with E-state index in [4.69, 9.17) is 5.73 Å². The number of nitrogens with zero attached hydrogens (tertiary/aromatic N) is 2. The Labute approximate surface area is 102 Å². The lowest BCUT2D eigenvalue weighted by Crippen LogP contribution is -2.25. The molecule has 0 atom stereocenters. The first-order chi connectivity index (χ1) is 8.15. The molecule has 2 N–H and O–H groups in total. The Kier molecular flexibility index (Phi) is 3.29. The molecule has 0 aliphatic rings. The van der Waals surface area contributed by atoms with E-state index >= 15 is 0 Å². The minimum Gasteiger partial charge on any atom is -0.330 e. The highest BCUT2D eigenvalue weighted by Gasteiger charge is 2.24. The first-order valence-corrected chi connectivity index (χ1v) is 5.95. The normalized spacial score (nSPS) is 11.7. The van der Waals surface area contributed by atoms with E-state index in [1.807, 2.05) is 29.1 Å². The monoisotopic (exact) mass is 229 g/mol. The second-order valence-electron chi connectivity index (χ2n) is 4.89. The topological polar surface area (TPSA) is 43.8 Å². The maximum Gasteiger partial charge on any atom is 0.0649 e. The zero-order valence-electron chi connectivity index (χ0n) is 10.4. The lowest BCUT2D eigenvalue weighted by Gasteiger charge is -2.25. The number of benzene rings is 1. The van der Waals surface area contributed by atoms with Gasteiger partial charge in [-0.15, -0.1) is 0 Å². The predicted molar refractivity (Wildman–Crippen MR) is 70.3 cm³/mol. The first-order valence-electron chi connectivity index (χ1n) is 5.95.